The average Bonchev–Trinajstić information content (AvgIpc) is 2.75. The summed E-state index contributed by atoms with van der Waals surface area (Å²) in [5, 5.41) is 3.38. The van der Waals surface area contributed by atoms with E-state index in [2.05, 4.69) is 15.1 Å². The highest BCUT2D eigenvalue weighted by atomic mass is 35.5. The van der Waals surface area contributed by atoms with Crippen LogP contribution in [0, 0.1) is 0 Å². The fraction of sp³-hybridized carbons (Fsp3) is 0.300. The zero-order valence-electron chi connectivity index (χ0n) is 9.65. The Morgan fingerprint density at radius 2 is 2.11 bits per heavy atom. The Balaban J connectivity index is 2.27. The van der Waals surface area contributed by atoms with Crippen LogP contribution in [0.25, 0.3) is 0 Å². The van der Waals surface area contributed by atoms with E-state index in [1.54, 1.807) is 4.68 Å². The number of rotatable bonds is 3. The Morgan fingerprint density at radius 3 is 2.68 bits per heavy atom. The summed E-state index contributed by atoms with van der Waals surface area (Å²) < 4.78 is 44.3. The second-order valence-electron chi connectivity index (χ2n) is 3.49. The van der Waals surface area contributed by atoms with Crippen LogP contribution >= 0.6 is 11.6 Å². The number of aromatic nitrogens is 4. The van der Waals surface area contributed by atoms with Crippen LogP contribution in [0.5, 0.6) is 11.6 Å². The topological polar surface area (TPSA) is 52.8 Å². The van der Waals surface area contributed by atoms with E-state index in [-0.39, 0.29) is 11.6 Å². The largest absolute Gasteiger partial charge is 0.436 e. The van der Waals surface area contributed by atoms with Gasteiger partial charge in [-0.05, 0) is 18.5 Å². The molecule has 0 N–H and O–H groups in total. The molecule has 0 bridgehead atoms. The molecule has 0 atom stereocenters. The monoisotopic (exact) mass is 292 g/mol. The minimum absolute atomic E-state index is 0.268. The van der Waals surface area contributed by atoms with Crippen LogP contribution in [0.15, 0.2) is 18.5 Å². The van der Waals surface area contributed by atoms with Gasteiger partial charge in [0.25, 0.3) is 0 Å². The van der Waals surface area contributed by atoms with Crippen LogP contribution in [0.1, 0.15) is 12.6 Å². The van der Waals surface area contributed by atoms with Gasteiger partial charge in [-0.2, -0.15) is 23.3 Å². The van der Waals surface area contributed by atoms with Crippen molar-refractivity contribution in [3.63, 3.8) is 0 Å². The third-order valence-corrected chi connectivity index (χ3v) is 2.29. The molecule has 9 heteroatoms. The molecule has 0 unspecified atom stereocenters. The maximum atomic E-state index is 12.5. The second kappa shape index (κ2) is 5.04. The minimum atomic E-state index is -4.61. The molecule has 0 saturated heterocycles. The summed E-state index contributed by atoms with van der Waals surface area (Å²) in [7, 11) is 0. The highest BCUT2D eigenvalue weighted by Crippen LogP contribution is 2.31. The quantitative estimate of drug-likeness (QED) is 0.816. The van der Waals surface area contributed by atoms with Crippen molar-refractivity contribution in [1.29, 1.82) is 0 Å². The third-order valence-electron chi connectivity index (χ3n) is 2.12. The van der Waals surface area contributed by atoms with Gasteiger partial charge in [-0.15, -0.1) is 0 Å². The summed E-state index contributed by atoms with van der Waals surface area (Å²) in [5.41, 5.74) is -1.16. The molecule has 2 rings (SSSR count). The first-order valence-corrected chi connectivity index (χ1v) is 5.58. The van der Waals surface area contributed by atoms with E-state index < -0.39 is 17.2 Å². The van der Waals surface area contributed by atoms with Crippen LogP contribution in [-0.2, 0) is 12.7 Å². The Bertz CT molecular complexity index is 584. The van der Waals surface area contributed by atoms with Crippen molar-refractivity contribution >= 4 is 11.6 Å². The van der Waals surface area contributed by atoms with Crippen LogP contribution < -0.4 is 4.74 Å². The Labute approximate surface area is 111 Å². The smallest absolute Gasteiger partial charge is 0.433 e. The molecular formula is C10H8ClF3N4O. The van der Waals surface area contributed by atoms with Gasteiger partial charge in [0.1, 0.15) is 0 Å². The fourth-order valence-electron chi connectivity index (χ4n) is 1.29. The molecule has 0 aliphatic carbocycles. The standard InChI is InChI=1S/C10H8ClF3N4O/c1-2-18-5-6(4-15-18)19-8-3-7(10(12,13)14)16-9(11)17-8/h3-5H,2H2,1H3. The third kappa shape index (κ3) is 3.34. The number of hydrogen-bond donors (Lipinski definition) is 0. The summed E-state index contributed by atoms with van der Waals surface area (Å²) >= 11 is 5.43. The summed E-state index contributed by atoms with van der Waals surface area (Å²) in [5.74, 6) is -0.0206. The molecule has 0 spiro atoms. The molecule has 2 aromatic rings. The van der Waals surface area contributed by atoms with E-state index >= 15 is 0 Å². The van der Waals surface area contributed by atoms with Crippen molar-refractivity contribution in [2.24, 2.45) is 0 Å². The summed E-state index contributed by atoms with van der Waals surface area (Å²) in [6.07, 6.45) is -1.71. The van der Waals surface area contributed by atoms with Crippen molar-refractivity contribution in [2.75, 3.05) is 0 Å². The number of ether oxygens (including phenoxy) is 1. The Kier molecular flexibility index (Phi) is 3.61. The van der Waals surface area contributed by atoms with Gasteiger partial charge in [-0.3, -0.25) is 4.68 Å². The van der Waals surface area contributed by atoms with Crippen LogP contribution in [-0.4, -0.2) is 19.7 Å². The maximum absolute atomic E-state index is 12.5. The van der Waals surface area contributed by atoms with Crippen molar-refractivity contribution < 1.29 is 17.9 Å². The minimum Gasteiger partial charge on any atom is -0.436 e. The number of nitrogens with zero attached hydrogens (tertiary/aromatic N) is 4. The Hall–Kier alpha value is -1.83. The number of aryl methyl sites for hydroxylation is 1. The van der Waals surface area contributed by atoms with E-state index in [0.717, 1.165) is 0 Å². The predicted octanol–water partition coefficient (Wildman–Crippen LogP) is 3.16. The molecule has 0 aliphatic heterocycles. The van der Waals surface area contributed by atoms with Crippen molar-refractivity contribution in [1.82, 2.24) is 19.7 Å². The van der Waals surface area contributed by atoms with Crippen molar-refractivity contribution in [2.45, 2.75) is 19.6 Å². The summed E-state index contributed by atoms with van der Waals surface area (Å²) in [4.78, 5) is 6.67. The first kappa shape index (κ1) is 13.6. The molecule has 102 valence electrons. The summed E-state index contributed by atoms with van der Waals surface area (Å²) in [6, 6.07) is 0.676. The maximum Gasteiger partial charge on any atom is 0.433 e. The number of halogens is 4. The van der Waals surface area contributed by atoms with Gasteiger partial charge in [-0.25, -0.2) is 4.98 Å². The molecular weight excluding hydrogens is 285 g/mol. The molecule has 0 amide bonds. The van der Waals surface area contributed by atoms with Gasteiger partial charge in [0.05, 0.1) is 12.4 Å². The molecule has 2 aromatic heterocycles. The normalized spacial score (nSPS) is 11.6. The lowest BCUT2D eigenvalue weighted by Crippen LogP contribution is -2.09. The molecule has 0 aromatic carbocycles. The fourth-order valence-corrected chi connectivity index (χ4v) is 1.46. The first-order valence-electron chi connectivity index (χ1n) is 5.20. The average molecular weight is 293 g/mol. The number of hydrogen-bond acceptors (Lipinski definition) is 4. The molecule has 5 nitrogen and oxygen atoms in total. The van der Waals surface area contributed by atoms with Gasteiger partial charge >= 0.3 is 6.18 Å². The van der Waals surface area contributed by atoms with E-state index in [1.165, 1.54) is 12.4 Å². The van der Waals surface area contributed by atoms with Crippen molar-refractivity contribution in [3.8, 4) is 11.6 Å². The van der Waals surface area contributed by atoms with Crippen LogP contribution in [0.3, 0.4) is 0 Å². The van der Waals surface area contributed by atoms with Gasteiger partial charge in [0, 0.05) is 12.6 Å². The SMILES string of the molecule is CCn1cc(Oc2cc(C(F)(F)F)nc(Cl)n2)cn1. The summed E-state index contributed by atoms with van der Waals surface area (Å²) in [6.45, 7) is 2.47. The van der Waals surface area contributed by atoms with Crippen molar-refractivity contribution in [3.05, 3.63) is 29.4 Å². The first-order chi connectivity index (χ1) is 8.88. The number of alkyl halides is 3. The molecule has 0 saturated carbocycles. The van der Waals surface area contributed by atoms with Crippen LogP contribution in [0.4, 0.5) is 13.2 Å². The highest BCUT2D eigenvalue weighted by Gasteiger charge is 2.34. The molecule has 2 heterocycles. The lowest BCUT2D eigenvalue weighted by atomic mass is 10.4. The lowest BCUT2D eigenvalue weighted by Gasteiger charge is -2.07. The van der Waals surface area contributed by atoms with E-state index in [0.29, 0.717) is 12.6 Å². The van der Waals surface area contributed by atoms with E-state index in [1.807, 2.05) is 6.92 Å². The van der Waals surface area contributed by atoms with E-state index in [4.69, 9.17) is 16.3 Å². The van der Waals surface area contributed by atoms with Gasteiger partial charge in [0.15, 0.2) is 11.4 Å². The predicted molar refractivity (Wildman–Crippen MR) is 60.0 cm³/mol. The molecule has 0 fully saturated rings. The highest BCUT2D eigenvalue weighted by molar-refractivity contribution is 6.28. The molecule has 0 radical (unpaired) electrons. The van der Waals surface area contributed by atoms with Gasteiger partial charge in [-0.1, -0.05) is 0 Å². The zero-order valence-corrected chi connectivity index (χ0v) is 10.4. The van der Waals surface area contributed by atoms with E-state index in [9.17, 15) is 13.2 Å². The van der Waals surface area contributed by atoms with Gasteiger partial charge in [0.2, 0.25) is 11.2 Å². The second-order valence-corrected chi connectivity index (χ2v) is 3.83. The Morgan fingerprint density at radius 1 is 1.37 bits per heavy atom. The van der Waals surface area contributed by atoms with Gasteiger partial charge < -0.3 is 4.74 Å². The molecule has 19 heavy (non-hydrogen) atoms. The van der Waals surface area contributed by atoms with Crippen LogP contribution in [0.2, 0.25) is 5.28 Å². The molecule has 0 aliphatic rings. The zero-order chi connectivity index (χ0) is 14.0. The lowest BCUT2D eigenvalue weighted by molar-refractivity contribution is -0.141.